The molecule has 2 atom stereocenters. The normalized spacial score (nSPS) is 20.0. The molecule has 1 fully saturated rings. The number of nitrogens with one attached hydrogen (secondary N) is 3. The first-order valence-electron chi connectivity index (χ1n) is 8.21. The van der Waals surface area contributed by atoms with Crippen LogP contribution in [0.4, 0.5) is 4.79 Å². The quantitative estimate of drug-likeness (QED) is 0.663. The second kappa shape index (κ2) is 8.28. The summed E-state index contributed by atoms with van der Waals surface area (Å²) >= 11 is 0. The summed E-state index contributed by atoms with van der Waals surface area (Å²) in [4.78, 5) is 28.4. The van der Waals surface area contributed by atoms with Crippen molar-refractivity contribution in [3.05, 3.63) is 30.1 Å². The molecule has 8 nitrogen and oxygen atoms in total. The van der Waals surface area contributed by atoms with Gasteiger partial charge in [-0.25, -0.2) is 13.2 Å². The Bertz CT molecular complexity index is 706. The zero-order valence-electron chi connectivity index (χ0n) is 14.4. The number of hydrogen-bond acceptors (Lipinski definition) is 5. The van der Waals surface area contributed by atoms with E-state index in [4.69, 9.17) is 0 Å². The van der Waals surface area contributed by atoms with Gasteiger partial charge < -0.3 is 16.0 Å². The SMILES string of the molecule is CC(C)[C@H](NC(=O)N[C@H]1CCS(=O)(=O)C1)C(=O)NCc1cccnc1. The lowest BCUT2D eigenvalue weighted by Crippen LogP contribution is -2.54. The van der Waals surface area contributed by atoms with Gasteiger partial charge in [-0.15, -0.1) is 0 Å². The summed E-state index contributed by atoms with van der Waals surface area (Å²) < 4.78 is 22.9. The van der Waals surface area contributed by atoms with Crippen molar-refractivity contribution >= 4 is 21.8 Å². The Balaban J connectivity index is 1.86. The van der Waals surface area contributed by atoms with E-state index in [1.165, 1.54) is 0 Å². The van der Waals surface area contributed by atoms with Crippen LogP contribution in [0.15, 0.2) is 24.5 Å². The van der Waals surface area contributed by atoms with Crippen molar-refractivity contribution < 1.29 is 18.0 Å². The summed E-state index contributed by atoms with van der Waals surface area (Å²) in [5.74, 6) is -0.392. The fraction of sp³-hybridized carbons (Fsp3) is 0.562. The van der Waals surface area contributed by atoms with Crippen LogP contribution in [0.25, 0.3) is 0 Å². The average molecular weight is 368 g/mol. The first-order valence-corrected chi connectivity index (χ1v) is 10.0. The minimum atomic E-state index is -3.07. The molecular formula is C16H24N4O4S. The highest BCUT2D eigenvalue weighted by Gasteiger charge is 2.30. The second-order valence-electron chi connectivity index (χ2n) is 6.52. The van der Waals surface area contributed by atoms with Crippen LogP contribution < -0.4 is 16.0 Å². The molecule has 2 rings (SSSR count). The topological polar surface area (TPSA) is 117 Å². The highest BCUT2D eigenvalue weighted by Crippen LogP contribution is 2.11. The molecule has 0 aromatic carbocycles. The highest BCUT2D eigenvalue weighted by atomic mass is 32.2. The van der Waals surface area contributed by atoms with E-state index in [1.807, 2.05) is 19.9 Å². The minimum absolute atomic E-state index is 0.0556. The van der Waals surface area contributed by atoms with Crippen molar-refractivity contribution in [3.8, 4) is 0 Å². The smallest absolute Gasteiger partial charge is 0.315 e. The number of rotatable bonds is 6. The third-order valence-electron chi connectivity index (χ3n) is 3.99. The Labute approximate surface area is 147 Å². The van der Waals surface area contributed by atoms with Crippen LogP contribution in [-0.2, 0) is 21.2 Å². The Morgan fingerprint density at radius 1 is 1.36 bits per heavy atom. The number of pyridine rings is 1. The standard InChI is InChI=1S/C16H24N4O4S/c1-11(2)14(15(21)18-9-12-4-3-6-17-8-12)20-16(22)19-13-5-7-25(23,24)10-13/h3-4,6,8,11,13-14H,5,7,9-10H2,1-2H3,(H,18,21)(H2,19,20,22)/t13-,14-/m0/s1. The molecule has 1 saturated heterocycles. The second-order valence-corrected chi connectivity index (χ2v) is 8.75. The lowest BCUT2D eigenvalue weighted by atomic mass is 10.0. The molecule has 2 heterocycles. The van der Waals surface area contributed by atoms with Crippen molar-refractivity contribution in [2.45, 2.75) is 38.9 Å². The van der Waals surface area contributed by atoms with Crippen LogP contribution in [0.5, 0.6) is 0 Å². The first kappa shape index (κ1) is 19.2. The third-order valence-corrected chi connectivity index (χ3v) is 5.76. The van der Waals surface area contributed by atoms with Gasteiger partial charge in [-0.2, -0.15) is 0 Å². The highest BCUT2D eigenvalue weighted by molar-refractivity contribution is 7.91. The third kappa shape index (κ3) is 6.00. The summed E-state index contributed by atoms with van der Waals surface area (Å²) in [6.07, 6.45) is 3.71. The van der Waals surface area contributed by atoms with Gasteiger partial charge in [-0.05, 0) is 24.0 Å². The van der Waals surface area contributed by atoms with Gasteiger partial charge in [0.2, 0.25) is 5.91 Å². The molecular weight excluding hydrogens is 344 g/mol. The van der Waals surface area contributed by atoms with Crippen molar-refractivity contribution in [1.29, 1.82) is 0 Å². The van der Waals surface area contributed by atoms with Crippen LogP contribution >= 0.6 is 0 Å². The molecule has 0 bridgehead atoms. The number of nitrogens with zero attached hydrogens (tertiary/aromatic N) is 1. The fourth-order valence-corrected chi connectivity index (χ4v) is 4.29. The molecule has 138 valence electrons. The number of carbonyl (C=O) groups excluding carboxylic acids is 2. The molecule has 9 heteroatoms. The maximum absolute atomic E-state index is 12.4. The van der Waals surface area contributed by atoms with Crippen molar-refractivity contribution in [3.63, 3.8) is 0 Å². The predicted octanol–water partition coefficient (Wildman–Crippen LogP) is 0.209. The molecule has 3 amide bonds. The Morgan fingerprint density at radius 3 is 2.68 bits per heavy atom. The maximum atomic E-state index is 12.4. The van der Waals surface area contributed by atoms with Crippen LogP contribution in [0.2, 0.25) is 0 Å². The number of hydrogen-bond donors (Lipinski definition) is 3. The predicted molar refractivity (Wildman–Crippen MR) is 93.4 cm³/mol. The van der Waals surface area contributed by atoms with E-state index in [0.717, 1.165) is 5.56 Å². The van der Waals surface area contributed by atoms with E-state index in [1.54, 1.807) is 18.5 Å². The number of carbonyl (C=O) groups is 2. The van der Waals surface area contributed by atoms with E-state index in [0.29, 0.717) is 13.0 Å². The van der Waals surface area contributed by atoms with Gasteiger partial charge in [-0.3, -0.25) is 9.78 Å². The Kier molecular flexibility index (Phi) is 6.35. The maximum Gasteiger partial charge on any atom is 0.315 e. The largest absolute Gasteiger partial charge is 0.350 e. The van der Waals surface area contributed by atoms with E-state index in [9.17, 15) is 18.0 Å². The van der Waals surface area contributed by atoms with Gasteiger partial charge in [-0.1, -0.05) is 19.9 Å². The van der Waals surface area contributed by atoms with Gasteiger partial charge in [0.25, 0.3) is 0 Å². The molecule has 1 aromatic rings. The minimum Gasteiger partial charge on any atom is -0.350 e. The van der Waals surface area contributed by atoms with Gasteiger partial charge in [0.05, 0.1) is 11.5 Å². The van der Waals surface area contributed by atoms with Crippen molar-refractivity contribution in [1.82, 2.24) is 20.9 Å². The molecule has 0 unspecified atom stereocenters. The molecule has 1 aliphatic rings. The number of amides is 3. The molecule has 1 aromatic heterocycles. The molecule has 0 spiro atoms. The summed E-state index contributed by atoms with van der Waals surface area (Å²) in [5, 5.41) is 8.04. The molecule has 3 N–H and O–H groups in total. The zero-order valence-corrected chi connectivity index (χ0v) is 15.2. The van der Waals surface area contributed by atoms with Gasteiger partial charge in [0.1, 0.15) is 6.04 Å². The first-order chi connectivity index (χ1) is 11.8. The molecule has 0 radical (unpaired) electrons. The fourth-order valence-electron chi connectivity index (χ4n) is 2.61. The van der Waals surface area contributed by atoms with Gasteiger partial charge in [0.15, 0.2) is 9.84 Å². The van der Waals surface area contributed by atoms with Crippen LogP contribution in [0.1, 0.15) is 25.8 Å². The van der Waals surface area contributed by atoms with Crippen molar-refractivity contribution in [2.75, 3.05) is 11.5 Å². The van der Waals surface area contributed by atoms with E-state index in [-0.39, 0.29) is 23.3 Å². The molecule has 0 saturated carbocycles. The molecule has 1 aliphatic heterocycles. The summed E-state index contributed by atoms with van der Waals surface area (Å²) in [7, 11) is -3.07. The number of aromatic nitrogens is 1. The van der Waals surface area contributed by atoms with Crippen molar-refractivity contribution in [2.24, 2.45) is 5.92 Å². The van der Waals surface area contributed by atoms with E-state index < -0.39 is 28.0 Å². The van der Waals surface area contributed by atoms with Gasteiger partial charge >= 0.3 is 6.03 Å². The van der Waals surface area contributed by atoms with Crippen LogP contribution in [0, 0.1) is 5.92 Å². The Hall–Kier alpha value is -2.16. The average Bonchev–Trinajstić information content (AvgIpc) is 2.89. The molecule has 25 heavy (non-hydrogen) atoms. The lowest BCUT2D eigenvalue weighted by molar-refractivity contribution is -0.124. The van der Waals surface area contributed by atoms with Crippen LogP contribution in [-0.4, -0.2) is 48.9 Å². The van der Waals surface area contributed by atoms with E-state index >= 15 is 0 Å². The molecule has 0 aliphatic carbocycles. The van der Waals surface area contributed by atoms with Gasteiger partial charge in [0, 0.05) is 25.0 Å². The summed E-state index contributed by atoms with van der Waals surface area (Å²) in [6, 6.07) is 1.98. The van der Waals surface area contributed by atoms with E-state index in [2.05, 4.69) is 20.9 Å². The summed E-state index contributed by atoms with van der Waals surface area (Å²) in [6.45, 7) is 3.98. The number of urea groups is 1. The lowest BCUT2D eigenvalue weighted by Gasteiger charge is -2.23. The summed E-state index contributed by atoms with van der Waals surface area (Å²) in [5.41, 5.74) is 0.860. The monoisotopic (exact) mass is 368 g/mol. The Morgan fingerprint density at radius 2 is 2.12 bits per heavy atom. The zero-order chi connectivity index (χ0) is 18.4. The number of sulfone groups is 1. The van der Waals surface area contributed by atoms with Crippen LogP contribution in [0.3, 0.4) is 0 Å².